The molecule has 0 radical (unpaired) electrons. The molecule has 0 aliphatic rings. The fourth-order valence-corrected chi connectivity index (χ4v) is 1.23. The van der Waals surface area contributed by atoms with E-state index >= 15 is 0 Å². The molecule has 0 aliphatic carbocycles. The van der Waals surface area contributed by atoms with Gasteiger partial charge in [-0.1, -0.05) is 17.7 Å². The molecular formula is C11H14ClNO3. The second-order valence-corrected chi connectivity index (χ2v) is 4.30. The molecule has 0 saturated carbocycles. The minimum absolute atomic E-state index is 0.0816. The van der Waals surface area contributed by atoms with Crippen LogP contribution in [0.5, 0.6) is 0 Å². The van der Waals surface area contributed by atoms with Crippen LogP contribution < -0.4 is 5.32 Å². The van der Waals surface area contributed by atoms with Gasteiger partial charge in [-0.2, -0.15) is 0 Å². The lowest BCUT2D eigenvalue weighted by Gasteiger charge is -2.19. The molecule has 4 nitrogen and oxygen atoms in total. The SMILES string of the molecule is Cc1ccc(NCC(C)(O)C(=O)O)cc1Cl. The Morgan fingerprint density at radius 1 is 1.56 bits per heavy atom. The average molecular weight is 244 g/mol. The fourth-order valence-electron chi connectivity index (χ4n) is 1.05. The number of carboxylic acids is 1. The van der Waals surface area contributed by atoms with Crippen LogP contribution in [0.2, 0.25) is 5.02 Å². The van der Waals surface area contributed by atoms with Gasteiger partial charge in [-0.3, -0.25) is 0 Å². The van der Waals surface area contributed by atoms with Crippen LogP contribution in [0.3, 0.4) is 0 Å². The molecule has 0 aromatic heterocycles. The molecular weight excluding hydrogens is 230 g/mol. The summed E-state index contributed by atoms with van der Waals surface area (Å²) in [7, 11) is 0. The van der Waals surface area contributed by atoms with Crippen molar-refractivity contribution in [3.63, 3.8) is 0 Å². The smallest absolute Gasteiger partial charge is 0.337 e. The third-order valence-corrected chi connectivity index (χ3v) is 2.68. The lowest BCUT2D eigenvalue weighted by molar-refractivity contribution is -0.155. The summed E-state index contributed by atoms with van der Waals surface area (Å²) in [6.07, 6.45) is 0. The van der Waals surface area contributed by atoms with E-state index in [1.165, 1.54) is 6.92 Å². The Morgan fingerprint density at radius 2 is 2.19 bits per heavy atom. The first-order valence-electron chi connectivity index (χ1n) is 4.79. The summed E-state index contributed by atoms with van der Waals surface area (Å²) >= 11 is 5.91. The number of hydrogen-bond acceptors (Lipinski definition) is 3. The van der Waals surface area contributed by atoms with Gasteiger partial charge in [-0.15, -0.1) is 0 Å². The summed E-state index contributed by atoms with van der Waals surface area (Å²) < 4.78 is 0. The molecule has 16 heavy (non-hydrogen) atoms. The van der Waals surface area contributed by atoms with Crippen LogP contribution in [0.15, 0.2) is 18.2 Å². The highest BCUT2D eigenvalue weighted by atomic mass is 35.5. The van der Waals surface area contributed by atoms with Crippen molar-refractivity contribution in [2.24, 2.45) is 0 Å². The fraction of sp³-hybridized carbons (Fsp3) is 0.364. The minimum atomic E-state index is -1.79. The monoisotopic (exact) mass is 243 g/mol. The van der Waals surface area contributed by atoms with E-state index in [-0.39, 0.29) is 6.54 Å². The summed E-state index contributed by atoms with van der Waals surface area (Å²) in [5.41, 5.74) is -0.175. The maximum absolute atomic E-state index is 10.6. The first kappa shape index (κ1) is 12.8. The average Bonchev–Trinajstić information content (AvgIpc) is 2.20. The third kappa shape index (κ3) is 3.12. The largest absolute Gasteiger partial charge is 0.479 e. The number of hydrogen-bond donors (Lipinski definition) is 3. The van der Waals surface area contributed by atoms with Gasteiger partial charge in [-0.05, 0) is 31.5 Å². The third-order valence-electron chi connectivity index (χ3n) is 2.27. The van der Waals surface area contributed by atoms with Gasteiger partial charge in [0, 0.05) is 10.7 Å². The molecule has 0 heterocycles. The number of carbonyl (C=O) groups is 1. The van der Waals surface area contributed by atoms with Crippen molar-refractivity contribution in [3.05, 3.63) is 28.8 Å². The van der Waals surface area contributed by atoms with Crippen LogP contribution in [0.4, 0.5) is 5.69 Å². The number of aliphatic hydroxyl groups is 1. The van der Waals surface area contributed by atoms with Gasteiger partial charge in [0.15, 0.2) is 5.60 Å². The van der Waals surface area contributed by atoms with Gasteiger partial charge >= 0.3 is 5.97 Å². The second kappa shape index (κ2) is 4.72. The number of carboxylic acid groups (broad SMARTS) is 1. The number of aliphatic carboxylic acids is 1. The summed E-state index contributed by atoms with van der Waals surface area (Å²) in [6.45, 7) is 3.03. The van der Waals surface area contributed by atoms with Crippen LogP contribution in [0, 0.1) is 6.92 Å². The Bertz CT molecular complexity index is 404. The molecule has 1 aromatic rings. The van der Waals surface area contributed by atoms with Crippen molar-refractivity contribution in [1.82, 2.24) is 0 Å². The van der Waals surface area contributed by atoms with Crippen LogP contribution in [-0.2, 0) is 4.79 Å². The molecule has 1 atom stereocenters. The van der Waals surface area contributed by atoms with Gasteiger partial charge in [0.2, 0.25) is 0 Å². The summed E-state index contributed by atoms with van der Waals surface area (Å²) in [6, 6.07) is 5.29. The maximum Gasteiger partial charge on any atom is 0.337 e. The molecule has 88 valence electrons. The van der Waals surface area contributed by atoms with E-state index in [0.717, 1.165) is 5.56 Å². The summed E-state index contributed by atoms with van der Waals surface area (Å²) in [5.74, 6) is -1.27. The molecule has 5 heteroatoms. The Hall–Kier alpha value is -1.26. The number of rotatable bonds is 4. The van der Waals surface area contributed by atoms with E-state index in [2.05, 4.69) is 5.32 Å². The van der Waals surface area contributed by atoms with E-state index in [0.29, 0.717) is 10.7 Å². The lowest BCUT2D eigenvalue weighted by Crippen LogP contribution is -2.41. The second-order valence-electron chi connectivity index (χ2n) is 3.90. The molecule has 0 aliphatic heterocycles. The minimum Gasteiger partial charge on any atom is -0.479 e. The Morgan fingerprint density at radius 3 is 2.69 bits per heavy atom. The summed E-state index contributed by atoms with van der Waals surface area (Å²) in [4.78, 5) is 10.6. The number of halogens is 1. The van der Waals surface area contributed by atoms with Crippen LogP contribution in [0.25, 0.3) is 0 Å². The molecule has 1 rings (SSSR count). The van der Waals surface area contributed by atoms with Crippen molar-refractivity contribution in [2.45, 2.75) is 19.4 Å². The molecule has 0 saturated heterocycles. The summed E-state index contributed by atoms with van der Waals surface area (Å²) in [5, 5.41) is 21.6. The van der Waals surface area contributed by atoms with Crippen molar-refractivity contribution in [3.8, 4) is 0 Å². The van der Waals surface area contributed by atoms with Crippen molar-refractivity contribution >= 4 is 23.3 Å². The van der Waals surface area contributed by atoms with Gasteiger partial charge < -0.3 is 15.5 Å². The highest BCUT2D eigenvalue weighted by Crippen LogP contribution is 2.20. The Balaban J connectivity index is 2.68. The van der Waals surface area contributed by atoms with E-state index in [1.807, 2.05) is 13.0 Å². The number of benzene rings is 1. The normalized spacial score (nSPS) is 14.2. The zero-order chi connectivity index (χ0) is 12.3. The zero-order valence-electron chi connectivity index (χ0n) is 9.12. The van der Waals surface area contributed by atoms with Crippen LogP contribution >= 0.6 is 11.6 Å². The van der Waals surface area contributed by atoms with Gasteiger partial charge in [-0.25, -0.2) is 4.79 Å². The Kier molecular flexibility index (Phi) is 3.78. The maximum atomic E-state index is 10.6. The number of aryl methyl sites for hydroxylation is 1. The van der Waals surface area contributed by atoms with Gasteiger partial charge in [0.05, 0.1) is 6.54 Å². The van der Waals surface area contributed by atoms with Crippen molar-refractivity contribution in [1.29, 1.82) is 0 Å². The van der Waals surface area contributed by atoms with Crippen molar-refractivity contribution in [2.75, 3.05) is 11.9 Å². The van der Waals surface area contributed by atoms with E-state index in [1.54, 1.807) is 12.1 Å². The number of nitrogens with one attached hydrogen (secondary N) is 1. The molecule has 0 fully saturated rings. The van der Waals surface area contributed by atoms with Crippen molar-refractivity contribution < 1.29 is 15.0 Å². The van der Waals surface area contributed by atoms with Gasteiger partial charge in [0.25, 0.3) is 0 Å². The van der Waals surface area contributed by atoms with E-state index < -0.39 is 11.6 Å². The highest BCUT2D eigenvalue weighted by molar-refractivity contribution is 6.31. The standard InChI is InChI=1S/C11H14ClNO3/c1-7-3-4-8(5-9(7)12)13-6-11(2,16)10(14)15/h3-5,13,16H,6H2,1-2H3,(H,14,15). The van der Waals surface area contributed by atoms with Gasteiger partial charge in [0.1, 0.15) is 0 Å². The first-order valence-corrected chi connectivity index (χ1v) is 5.16. The highest BCUT2D eigenvalue weighted by Gasteiger charge is 2.29. The lowest BCUT2D eigenvalue weighted by atomic mass is 10.1. The predicted molar refractivity (Wildman–Crippen MR) is 62.9 cm³/mol. The molecule has 0 spiro atoms. The number of anilines is 1. The van der Waals surface area contributed by atoms with E-state index in [9.17, 15) is 9.90 Å². The molecule has 1 unspecified atom stereocenters. The zero-order valence-corrected chi connectivity index (χ0v) is 9.88. The van der Waals surface area contributed by atoms with E-state index in [4.69, 9.17) is 16.7 Å². The molecule has 3 N–H and O–H groups in total. The molecule has 0 bridgehead atoms. The topological polar surface area (TPSA) is 69.6 Å². The first-order chi connectivity index (χ1) is 7.33. The van der Waals surface area contributed by atoms with Crippen LogP contribution in [0.1, 0.15) is 12.5 Å². The Labute approximate surface area is 98.9 Å². The molecule has 0 amide bonds. The molecule has 1 aromatic carbocycles. The van der Waals surface area contributed by atoms with Crippen LogP contribution in [-0.4, -0.2) is 28.3 Å². The predicted octanol–water partition coefficient (Wildman–Crippen LogP) is 1.90. The quantitative estimate of drug-likeness (QED) is 0.756.